The van der Waals surface area contributed by atoms with Gasteiger partial charge in [0.25, 0.3) is 0 Å². The van der Waals surface area contributed by atoms with E-state index in [4.69, 9.17) is 5.11 Å². The lowest BCUT2D eigenvalue weighted by Crippen LogP contribution is -2.11. The van der Waals surface area contributed by atoms with Gasteiger partial charge in [-0.05, 0) is 43.2 Å². The molecular formula is C16H20N2O2S. The molecule has 1 aromatic carbocycles. The molecule has 1 aromatic heterocycles. The van der Waals surface area contributed by atoms with Crippen molar-refractivity contribution in [3.8, 4) is 0 Å². The Labute approximate surface area is 129 Å². The Kier molecular flexibility index (Phi) is 4.53. The van der Waals surface area contributed by atoms with Gasteiger partial charge in [0.15, 0.2) is 0 Å². The second-order valence-corrected chi connectivity index (χ2v) is 6.50. The third-order valence-corrected chi connectivity index (χ3v) is 4.49. The van der Waals surface area contributed by atoms with Crippen LogP contribution in [0.3, 0.4) is 0 Å². The summed E-state index contributed by atoms with van der Waals surface area (Å²) < 4.78 is 0. The number of benzene rings is 1. The molecule has 21 heavy (non-hydrogen) atoms. The number of rotatable bonds is 5. The maximum Gasteiger partial charge on any atom is 0.345 e. The van der Waals surface area contributed by atoms with E-state index in [1.165, 1.54) is 22.6 Å². The molecule has 4 nitrogen and oxygen atoms in total. The van der Waals surface area contributed by atoms with Gasteiger partial charge in [-0.25, -0.2) is 4.79 Å². The Morgan fingerprint density at radius 3 is 2.57 bits per heavy atom. The Balaban J connectivity index is 2.13. The molecule has 1 heterocycles. The van der Waals surface area contributed by atoms with Crippen LogP contribution in [0, 0.1) is 13.8 Å². The van der Waals surface area contributed by atoms with Gasteiger partial charge in [0.05, 0.1) is 0 Å². The van der Waals surface area contributed by atoms with Crippen LogP contribution >= 0.6 is 11.3 Å². The van der Waals surface area contributed by atoms with E-state index in [1.54, 1.807) is 6.07 Å². The zero-order valence-corrected chi connectivity index (χ0v) is 13.5. The molecule has 0 spiro atoms. The number of anilines is 2. The van der Waals surface area contributed by atoms with E-state index in [2.05, 4.69) is 29.3 Å². The minimum atomic E-state index is -0.862. The number of thiophene rings is 1. The summed E-state index contributed by atoms with van der Waals surface area (Å²) in [6.45, 7) is 4.67. The molecule has 2 rings (SSSR count). The van der Waals surface area contributed by atoms with Crippen molar-refractivity contribution in [3.63, 3.8) is 0 Å². The highest BCUT2D eigenvalue weighted by atomic mass is 32.1. The van der Waals surface area contributed by atoms with Crippen molar-refractivity contribution in [2.24, 2.45) is 0 Å². The molecule has 0 saturated heterocycles. The van der Waals surface area contributed by atoms with Crippen LogP contribution in [-0.2, 0) is 6.54 Å². The van der Waals surface area contributed by atoms with Gasteiger partial charge in [0.1, 0.15) is 4.88 Å². The molecule has 0 bridgehead atoms. The fourth-order valence-corrected chi connectivity index (χ4v) is 3.08. The highest BCUT2D eigenvalue weighted by Gasteiger charge is 2.11. The van der Waals surface area contributed by atoms with Crippen molar-refractivity contribution in [2.75, 3.05) is 24.3 Å². The number of aromatic carboxylic acids is 1. The summed E-state index contributed by atoms with van der Waals surface area (Å²) in [5, 5.41) is 12.4. The van der Waals surface area contributed by atoms with Crippen LogP contribution < -0.4 is 10.2 Å². The molecule has 0 atom stereocenters. The summed E-state index contributed by atoms with van der Waals surface area (Å²) in [4.78, 5) is 14.5. The summed E-state index contributed by atoms with van der Waals surface area (Å²) >= 11 is 1.32. The molecule has 0 fully saturated rings. The van der Waals surface area contributed by atoms with Crippen molar-refractivity contribution in [1.29, 1.82) is 0 Å². The first kappa shape index (κ1) is 15.4. The normalized spacial score (nSPS) is 10.5. The molecule has 5 heteroatoms. The van der Waals surface area contributed by atoms with Crippen molar-refractivity contribution in [3.05, 3.63) is 45.1 Å². The molecule has 112 valence electrons. The monoisotopic (exact) mass is 304 g/mol. The highest BCUT2D eigenvalue weighted by molar-refractivity contribution is 7.14. The number of nitrogens with zero attached hydrogens (tertiary/aromatic N) is 1. The minimum Gasteiger partial charge on any atom is -0.477 e. The zero-order valence-electron chi connectivity index (χ0n) is 12.7. The number of carbonyl (C=O) groups is 1. The Morgan fingerprint density at radius 1 is 1.29 bits per heavy atom. The second kappa shape index (κ2) is 6.18. The Morgan fingerprint density at radius 2 is 2.00 bits per heavy atom. The number of nitrogens with one attached hydrogen (secondary N) is 1. The summed E-state index contributed by atoms with van der Waals surface area (Å²) in [5.74, 6) is -0.862. The van der Waals surface area contributed by atoms with Crippen LogP contribution in [0.5, 0.6) is 0 Å². The van der Waals surface area contributed by atoms with Crippen LogP contribution in [0.25, 0.3) is 0 Å². The summed E-state index contributed by atoms with van der Waals surface area (Å²) in [7, 11) is 4.04. The topological polar surface area (TPSA) is 52.6 Å². The lowest BCUT2D eigenvalue weighted by atomic mass is 10.1. The zero-order chi connectivity index (χ0) is 15.6. The summed E-state index contributed by atoms with van der Waals surface area (Å²) in [6, 6.07) is 7.98. The van der Waals surface area contributed by atoms with Gasteiger partial charge in [-0.3, -0.25) is 0 Å². The smallest absolute Gasteiger partial charge is 0.345 e. The predicted octanol–water partition coefficient (Wildman–Crippen LogP) is 3.74. The van der Waals surface area contributed by atoms with Gasteiger partial charge in [-0.1, -0.05) is 6.07 Å². The standard InChI is InChI=1S/C16H20N2O2S/c1-10-5-6-13(8-14(10)18(3)4)17-9-12-7-15(16(19)20)21-11(12)2/h5-8,17H,9H2,1-4H3,(H,19,20). The van der Waals surface area contributed by atoms with E-state index in [9.17, 15) is 4.79 Å². The summed E-state index contributed by atoms with van der Waals surface area (Å²) in [5.41, 5.74) is 4.47. The molecule has 0 aliphatic heterocycles. The van der Waals surface area contributed by atoms with Crippen molar-refractivity contribution in [1.82, 2.24) is 0 Å². The first-order valence-corrected chi connectivity index (χ1v) is 7.54. The van der Waals surface area contributed by atoms with Gasteiger partial charge < -0.3 is 15.3 Å². The lowest BCUT2D eigenvalue weighted by molar-refractivity contribution is 0.0702. The molecule has 0 aliphatic carbocycles. The van der Waals surface area contributed by atoms with Crippen molar-refractivity contribution < 1.29 is 9.90 Å². The fourth-order valence-electron chi connectivity index (χ4n) is 2.20. The average Bonchev–Trinajstić information content (AvgIpc) is 2.79. The van der Waals surface area contributed by atoms with E-state index in [0.29, 0.717) is 11.4 Å². The molecule has 0 saturated carbocycles. The highest BCUT2D eigenvalue weighted by Crippen LogP contribution is 2.25. The van der Waals surface area contributed by atoms with Crippen molar-refractivity contribution >= 4 is 28.7 Å². The van der Waals surface area contributed by atoms with E-state index in [0.717, 1.165) is 16.1 Å². The molecule has 0 radical (unpaired) electrons. The average molecular weight is 304 g/mol. The number of hydrogen-bond acceptors (Lipinski definition) is 4. The molecule has 0 amide bonds. The van der Waals surface area contributed by atoms with Crippen molar-refractivity contribution in [2.45, 2.75) is 20.4 Å². The van der Waals surface area contributed by atoms with E-state index >= 15 is 0 Å². The van der Waals surface area contributed by atoms with Gasteiger partial charge in [-0.15, -0.1) is 11.3 Å². The van der Waals surface area contributed by atoms with Gasteiger partial charge in [0, 0.05) is 36.9 Å². The molecule has 0 aliphatic rings. The first-order chi connectivity index (χ1) is 9.88. The van der Waals surface area contributed by atoms with Crippen LogP contribution in [0.2, 0.25) is 0 Å². The van der Waals surface area contributed by atoms with Gasteiger partial charge in [0.2, 0.25) is 0 Å². The second-order valence-electron chi connectivity index (χ2n) is 5.25. The third-order valence-electron chi connectivity index (χ3n) is 3.41. The predicted molar refractivity (Wildman–Crippen MR) is 88.8 cm³/mol. The van der Waals surface area contributed by atoms with Crippen LogP contribution in [0.15, 0.2) is 24.3 Å². The van der Waals surface area contributed by atoms with Gasteiger partial charge >= 0.3 is 5.97 Å². The minimum absolute atomic E-state index is 0.391. The molecule has 2 N–H and O–H groups in total. The number of aryl methyl sites for hydroxylation is 2. The third kappa shape index (κ3) is 3.55. The molecule has 2 aromatic rings. The number of hydrogen-bond donors (Lipinski definition) is 2. The van der Waals surface area contributed by atoms with Crippen LogP contribution in [-0.4, -0.2) is 25.2 Å². The number of carboxylic acids is 1. The summed E-state index contributed by atoms with van der Waals surface area (Å²) in [6.07, 6.45) is 0. The number of carboxylic acid groups (broad SMARTS) is 1. The van der Waals surface area contributed by atoms with E-state index in [-0.39, 0.29) is 0 Å². The van der Waals surface area contributed by atoms with E-state index < -0.39 is 5.97 Å². The first-order valence-electron chi connectivity index (χ1n) is 6.73. The molecular weight excluding hydrogens is 284 g/mol. The SMILES string of the molecule is Cc1ccc(NCc2cc(C(=O)O)sc2C)cc1N(C)C. The maximum absolute atomic E-state index is 11.0. The fraction of sp³-hybridized carbons (Fsp3) is 0.312. The van der Waals surface area contributed by atoms with Crippen LogP contribution in [0.1, 0.15) is 25.7 Å². The largest absolute Gasteiger partial charge is 0.477 e. The Bertz CT molecular complexity index is 662. The van der Waals surface area contributed by atoms with Gasteiger partial charge in [-0.2, -0.15) is 0 Å². The maximum atomic E-state index is 11.0. The quantitative estimate of drug-likeness (QED) is 0.883. The Hall–Kier alpha value is -2.01. The molecule has 0 unspecified atom stereocenters. The lowest BCUT2D eigenvalue weighted by Gasteiger charge is -2.17. The van der Waals surface area contributed by atoms with Crippen LogP contribution in [0.4, 0.5) is 11.4 Å². The van der Waals surface area contributed by atoms with E-state index in [1.807, 2.05) is 27.1 Å².